The van der Waals surface area contributed by atoms with Crippen LogP contribution in [0.15, 0.2) is 54.1 Å². The van der Waals surface area contributed by atoms with Gasteiger partial charge in [-0.2, -0.15) is 0 Å². The largest absolute Gasteiger partial charge is 0.283 e. The fraction of sp³-hybridized carbons (Fsp3) is 0.348. The first kappa shape index (κ1) is 17.5. The van der Waals surface area contributed by atoms with E-state index in [0.29, 0.717) is 0 Å². The summed E-state index contributed by atoms with van der Waals surface area (Å²) in [6.07, 6.45) is 0. The SMILES string of the molecule is CC1=C(c2ccccc2)C(Nc2c(C)cccc2C)=[N+](C(C)(C)C)C1. The summed E-state index contributed by atoms with van der Waals surface area (Å²) in [6.45, 7) is 14.4. The Morgan fingerprint density at radius 2 is 1.44 bits per heavy atom. The number of nitrogens with one attached hydrogen (secondary N) is 1. The van der Waals surface area contributed by atoms with E-state index in [9.17, 15) is 0 Å². The van der Waals surface area contributed by atoms with Crippen LogP contribution in [0.2, 0.25) is 0 Å². The van der Waals surface area contributed by atoms with Gasteiger partial charge in [0.15, 0.2) is 0 Å². The van der Waals surface area contributed by atoms with Crippen molar-refractivity contribution in [3.05, 3.63) is 70.8 Å². The lowest BCUT2D eigenvalue weighted by atomic mass is 10.0. The molecular weight excluding hydrogens is 304 g/mol. The molecule has 0 atom stereocenters. The van der Waals surface area contributed by atoms with Crippen molar-refractivity contribution in [2.45, 2.75) is 47.1 Å². The Hall–Kier alpha value is -2.35. The highest BCUT2D eigenvalue weighted by Gasteiger charge is 2.36. The summed E-state index contributed by atoms with van der Waals surface area (Å²) in [5, 5.41) is 3.80. The van der Waals surface area contributed by atoms with Gasteiger partial charge in [-0.05, 0) is 63.8 Å². The van der Waals surface area contributed by atoms with E-state index in [-0.39, 0.29) is 5.54 Å². The fourth-order valence-electron chi connectivity index (χ4n) is 3.55. The molecule has 130 valence electrons. The Labute approximate surface area is 151 Å². The van der Waals surface area contributed by atoms with Crippen molar-refractivity contribution < 1.29 is 4.58 Å². The van der Waals surface area contributed by atoms with E-state index in [1.165, 1.54) is 39.4 Å². The minimum absolute atomic E-state index is 0.0523. The molecule has 1 N–H and O–H groups in total. The molecule has 1 aliphatic heterocycles. The van der Waals surface area contributed by atoms with Gasteiger partial charge in [0.1, 0.15) is 12.2 Å². The van der Waals surface area contributed by atoms with E-state index < -0.39 is 0 Å². The first-order valence-corrected chi connectivity index (χ1v) is 9.02. The first-order valence-electron chi connectivity index (χ1n) is 9.02. The Balaban J connectivity index is 2.15. The zero-order valence-corrected chi connectivity index (χ0v) is 16.3. The number of aryl methyl sites for hydroxylation is 2. The molecule has 0 aliphatic carbocycles. The van der Waals surface area contributed by atoms with Crippen LogP contribution in [0.25, 0.3) is 5.57 Å². The van der Waals surface area contributed by atoms with Crippen LogP contribution in [0.3, 0.4) is 0 Å². The highest BCUT2D eigenvalue weighted by molar-refractivity contribution is 6.28. The maximum atomic E-state index is 3.80. The van der Waals surface area contributed by atoms with Gasteiger partial charge in [-0.25, -0.2) is 5.32 Å². The van der Waals surface area contributed by atoms with E-state index in [4.69, 9.17) is 0 Å². The van der Waals surface area contributed by atoms with Gasteiger partial charge < -0.3 is 0 Å². The summed E-state index contributed by atoms with van der Waals surface area (Å²) < 4.78 is 2.48. The van der Waals surface area contributed by atoms with Gasteiger partial charge in [0.05, 0.1) is 11.1 Å². The zero-order valence-electron chi connectivity index (χ0n) is 16.3. The van der Waals surface area contributed by atoms with Gasteiger partial charge >= 0.3 is 0 Å². The van der Waals surface area contributed by atoms with Gasteiger partial charge in [0, 0.05) is 0 Å². The molecule has 0 fully saturated rings. The molecule has 1 heterocycles. The topological polar surface area (TPSA) is 15.0 Å². The van der Waals surface area contributed by atoms with Crippen molar-refractivity contribution in [3.63, 3.8) is 0 Å². The summed E-state index contributed by atoms with van der Waals surface area (Å²) in [4.78, 5) is 0. The molecule has 0 spiro atoms. The normalized spacial score (nSPS) is 15.1. The summed E-state index contributed by atoms with van der Waals surface area (Å²) in [5.41, 5.74) is 7.84. The second-order valence-corrected chi connectivity index (χ2v) is 8.02. The first-order chi connectivity index (χ1) is 11.8. The number of anilines is 1. The number of para-hydroxylation sites is 1. The van der Waals surface area contributed by atoms with Crippen LogP contribution in [0.4, 0.5) is 5.69 Å². The molecule has 3 rings (SSSR count). The number of hydrogen-bond donors (Lipinski definition) is 1. The number of amidine groups is 1. The van der Waals surface area contributed by atoms with Crippen molar-refractivity contribution in [1.82, 2.24) is 0 Å². The average molecular weight is 333 g/mol. The smallest absolute Gasteiger partial charge is 0.253 e. The quantitative estimate of drug-likeness (QED) is 0.726. The third-order valence-electron chi connectivity index (χ3n) is 4.93. The number of hydrogen-bond acceptors (Lipinski definition) is 1. The third-order valence-corrected chi connectivity index (χ3v) is 4.93. The molecule has 0 saturated heterocycles. The molecule has 0 bridgehead atoms. The molecule has 25 heavy (non-hydrogen) atoms. The highest BCUT2D eigenvalue weighted by Crippen LogP contribution is 2.31. The van der Waals surface area contributed by atoms with E-state index in [1.54, 1.807) is 0 Å². The molecule has 0 radical (unpaired) electrons. The molecule has 0 aromatic heterocycles. The Morgan fingerprint density at radius 1 is 0.840 bits per heavy atom. The molecule has 2 heteroatoms. The van der Waals surface area contributed by atoms with Crippen molar-refractivity contribution in [1.29, 1.82) is 0 Å². The lowest BCUT2D eigenvalue weighted by Gasteiger charge is -2.22. The molecule has 0 amide bonds. The van der Waals surface area contributed by atoms with Crippen LogP contribution in [-0.2, 0) is 0 Å². The van der Waals surface area contributed by atoms with Crippen molar-refractivity contribution >= 4 is 17.1 Å². The Kier molecular flexibility index (Phi) is 4.55. The highest BCUT2D eigenvalue weighted by atomic mass is 15.2. The van der Waals surface area contributed by atoms with Gasteiger partial charge in [-0.1, -0.05) is 48.5 Å². The number of benzene rings is 2. The minimum atomic E-state index is 0.0523. The van der Waals surface area contributed by atoms with Crippen molar-refractivity contribution in [2.24, 2.45) is 0 Å². The van der Waals surface area contributed by atoms with Crippen LogP contribution in [0.1, 0.15) is 44.4 Å². The van der Waals surface area contributed by atoms with E-state index in [0.717, 1.165) is 6.54 Å². The Morgan fingerprint density at radius 3 is 2.00 bits per heavy atom. The van der Waals surface area contributed by atoms with Crippen LogP contribution < -0.4 is 5.32 Å². The summed E-state index contributed by atoms with van der Waals surface area (Å²) >= 11 is 0. The monoisotopic (exact) mass is 333 g/mol. The number of nitrogens with zero attached hydrogens (tertiary/aromatic N) is 1. The summed E-state index contributed by atoms with van der Waals surface area (Å²) in [6, 6.07) is 17.2. The second-order valence-electron chi connectivity index (χ2n) is 8.02. The van der Waals surface area contributed by atoms with Crippen LogP contribution >= 0.6 is 0 Å². The Bertz CT molecular complexity index is 829. The van der Waals surface area contributed by atoms with E-state index >= 15 is 0 Å². The maximum Gasteiger partial charge on any atom is 0.283 e. The minimum Gasteiger partial charge on any atom is -0.253 e. The standard InChI is InChI=1S/C23H28N2/c1-16-11-10-12-17(2)21(16)24-22-20(19-13-8-7-9-14-19)18(3)15-25(22)23(4,5)6/h7-14H,15H2,1-6H3/p+1. The number of rotatable bonds is 2. The predicted octanol–water partition coefficient (Wildman–Crippen LogP) is 5.41. The van der Waals surface area contributed by atoms with Gasteiger partial charge in [0.25, 0.3) is 5.84 Å². The van der Waals surface area contributed by atoms with Crippen LogP contribution in [0, 0.1) is 13.8 Å². The van der Waals surface area contributed by atoms with Gasteiger partial charge in [-0.3, -0.25) is 4.58 Å². The fourth-order valence-corrected chi connectivity index (χ4v) is 3.55. The maximum absolute atomic E-state index is 3.80. The van der Waals surface area contributed by atoms with Crippen LogP contribution in [0.5, 0.6) is 0 Å². The lowest BCUT2D eigenvalue weighted by molar-refractivity contribution is -0.586. The zero-order chi connectivity index (χ0) is 18.2. The second kappa shape index (κ2) is 6.51. The predicted molar refractivity (Wildman–Crippen MR) is 108 cm³/mol. The molecule has 2 aromatic carbocycles. The van der Waals surface area contributed by atoms with E-state index in [2.05, 4.69) is 100.0 Å². The van der Waals surface area contributed by atoms with E-state index in [1.807, 2.05) is 0 Å². The third kappa shape index (κ3) is 3.39. The molecule has 2 nitrogen and oxygen atoms in total. The molecule has 2 aromatic rings. The molecule has 0 unspecified atom stereocenters. The molecular formula is C23H29N2+. The van der Waals surface area contributed by atoms with Gasteiger partial charge in [0.2, 0.25) is 0 Å². The average Bonchev–Trinajstić information content (AvgIpc) is 2.88. The van der Waals surface area contributed by atoms with Gasteiger partial charge in [-0.15, -0.1) is 0 Å². The lowest BCUT2D eigenvalue weighted by Crippen LogP contribution is -2.38. The van der Waals surface area contributed by atoms with Crippen LogP contribution in [-0.4, -0.2) is 22.5 Å². The molecule has 0 saturated carbocycles. The summed E-state index contributed by atoms with van der Waals surface area (Å²) in [7, 11) is 0. The summed E-state index contributed by atoms with van der Waals surface area (Å²) in [5.74, 6) is 1.22. The molecule has 1 aliphatic rings. The van der Waals surface area contributed by atoms with Crippen molar-refractivity contribution in [3.8, 4) is 0 Å². The van der Waals surface area contributed by atoms with Crippen molar-refractivity contribution in [2.75, 3.05) is 11.9 Å².